The molecule has 0 amide bonds. The van der Waals surface area contributed by atoms with Crippen LogP contribution in [0.3, 0.4) is 0 Å². The van der Waals surface area contributed by atoms with Gasteiger partial charge in [-0.05, 0) is 30.7 Å². The molecule has 1 N–H and O–H groups in total. The van der Waals surface area contributed by atoms with Crippen molar-refractivity contribution in [3.05, 3.63) is 29.8 Å². The molecule has 0 bridgehead atoms. The lowest BCUT2D eigenvalue weighted by atomic mass is 10.0. The quantitative estimate of drug-likeness (QED) is 0.885. The van der Waals surface area contributed by atoms with E-state index in [0.29, 0.717) is 5.92 Å². The Morgan fingerprint density at radius 3 is 2.44 bits per heavy atom. The number of likely N-dealkylation sites (N-methyl/N-ethyl adjacent to an activating group) is 1. The monoisotopic (exact) mass is 248 g/mol. The largest absolute Gasteiger partial charge is 0.394 e. The molecule has 2 rings (SSSR count). The number of piperazine rings is 1. The number of hydrogen-bond donors (Lipinski definition) is 1. The van der Waals surface area contributed by atoms with Crippen molar-refractivity contribution in [3.63, 3.8) is 0 Å². The summed E-state index contributed by atoms with van der Waals surface area (Å²) < 4.78 is 0. The van der Waals surface area contributed by atoms with Gasteiger partial charge in [0, 0.05) is 25.3 Å². The van der Waals surface area contributed by atoms with Crippen molar-refractivity contribution in [3.8, 4) is 0 Å². The van der Waals surface area contributed by atoms with Crippen LogP contribution in [-0.4, -0.2) is 49.3 Å². The molecule has 3 heteroatoms. The van der Waals surface area contributed by atoms with E-state index in [4.69, 9.17) is 0 Å². The molecule has 0 aliphatic carbocycles. The van der Waals surface area contributed by atoms with Gasteiger partial charge in [0.05, 0.1) is 12.6 Å². The number of benzene rings is 1. The highest BCUT2D eigenvalue weighted by Crippen LogP contribution is 2.23. The maximum absolute atomic E-state index is 9.52. The smallest absolute Gasteiger partial charge is 0.0648 e. The highest BCUT2D eigenvalue weighted by molar-refractivity contribution is 5.49. The van der Waals surface area contributed by atoms with Crippen molar-refractivity contribution in [2.75, 3.05) is 38.2 Å². The predicted octanol–water partition coefficient (Wildman–Crippen LogP) is 1.92. The van der Waals surface area contributed by atoms with Crippen molar-refractivity contribution in [2.24, 2.45) is 0 Å². The van der Waals surface area contributed by atoms with Crippen molar-refractivity contribution >= 4 is 5.69 Å². The topological polar surface area (TPSA) is 26.7 Å². The van der Waals surface area contributed by atoms with E-state index >= 15 is 0 Å². The molecule has 3 nitrogen and oxygen atoms in total. The lowest BCUT2D eigenvalue weighted by molar-refractivity contribution is 0.191. The molecule has 1 aliphatic rings. The second-order valence-electron chi connectivity index (χ2n) is 5.54. The van der Waals surface area contributed by atoms with Gasteiger partial charge < -0.3 is 14.9 Å². The highest BCUT2D eigenvalue weighted by atomic mass is 16.3. The lowest BCUT2D eigenvalue weighted by Crippen LogP contribution is -2.53. The summed E-state index contributed by atoms with van der Waals surface area (Å²) in [6.07, 6.45) is 0. The standard InChI is InChI=1S/C15H24N2O/c1-12(2)13-4-6-14(7-5-13)17-9-8-16(3)10-15(17)11-18/h4-7,12,15,18H,8-11H2,1-3H3. The molecule has 18 heavy (non-hydrogen) atoms. The third-order valence-electron chi connectivity index (χ3n) is 3.79. The molecule has 100 valence electrons. The Balaban J connectivity index is 2.14. The van der Waals surface area contributed by atoms with Crippen LogP contribution in [0.2, 0.25) is 0 Å². The van der Waals surface area contributed by atoms with Crippen LogP contribution in [0.4, 0.5) is 5.69 Å². The molecule has 1 unspecified atom stereocenters. The van der Waals surface area contributed by atoms with Gasteiger partial charge in [-0.15, -0.1) is 0 Å². The predicted molar refractivity (Wildman–Crippen MR) is 76.2 cm³/mol. The van der Waals surface area contributed by atoms with E-state index in [1.807, 2.05) is 0 Å². The van der Waals surface area contributed by atoms with Gasteiger partial charge in [-0.25, -0.2) is 0 Å². The summed E-state index contributed by atoms with van der Waals surface area (Å²) in [6, 6.07) is 8.99. The minimum absolute atomic E-state index is 0.216. The van der Waals surface area contributed by atoms with Crippen LogP contribution in [0.15, 0.2) is 24.3 Å². The Morgan fingerprint density at radius 1 is 1.22 bits per heavy atom. The summed E-state index contributed by atoms with van der Waals surface area (Å²) in [4.78, 5) is 4.60. The van der Waals surface area contributed by atoms with Gasteiger partial charge in [-0.1, -0.05) is 26.0 Å². The number of anilines is 1. The second kappa shape index (κ2) is 5.72. The van der Waals surface area contributed by atoms with E-state index in [2.05, 4.69) is 55.0 Å². The molecule has 1 saturated heterocycles. The maximum Gasteiger partial charge on any atom is 0.0648 e. The summed E-state index contributed by atoms with van der Waals surface area (Å²) in [6.45, 7) is 7.62. The van der Waals surface area contributed by atoms with Gasteiger partial charge >= 0.3 is 0 Å². The first-order chi connectivity index (χ1) is 8.61. The number of rotatable bonds is 3. The minimum atomic E-state index is 0.216. The van der Waals surface area contributed by atoms with Crippen molar-refractivity contribution in [1.82, 2.24) is 4.90 Å². The fraction of sp³-hybridized carbons (Fsp3) is 0.600. The number of aliphatic hydroxyl groups is 1. The van der Waals surface area contributed by atoms with Crippen LogP contribution in [0, 0.1) is 0 Å². The Kier molecular flexibility index (Phi) is 4.25. The van der Waals surface area contributed by atoms with E-state index in [-0.39, 0.29) is 12.6 Å². The summed E-state index contributed by atoms with van der Waals surface area (Å²) in [5, 5.41) is 9.52. The molecule has 1 aromatic rings. The maximum atomic E-state index is 9.52. The summed E-state index contributed by atoms with van der Waals surface area (Å²) in [7, 11) is 2.11. The van der Waals surface area contributed by atoms with Crippen LogP contribution in [0.5, 0.6) is 0 Å². The molecule has 0 radical (unpaired) electrons. The van der Waals surface area contributed by atoms with Crippen LogP contribution < -0.4 is 4.90 Å². The van der Waals surface area contributed by atoms with Gasteiger partial charge in [0.15, 0.2) is 0 Å². The zero-order valence-corrected chi connectivity index (χ0v) is 11.6. The Hall–Kier alpha value is -1.06. The zero-order chi connectivity index (χ0) is 13.1. The summed E-state index contributed by atoms with van der Waals surface area (Å²) in [5.41, 5.74) is 2.60. The average Bonchev–Trinajstić information content (AvgIpc) is 2.38. The van der Waals surface area contributed by atoms with Crippen LogP contribution in [0.25, 0.3) is 0 Å². The van der Waals surface area contributed by atoms with E-state index < -0.39 is 0 Å². The SMILES string of the molecule is CC(C)c1ccc(N2CCN(C)CC2CO)cc1. The van der Waals surface area contributed by atoms with Gasteiger partial charge in [0.25, 0.3) is 0 Å². The molecule has 0 spiro atoms. The Labute approximate surface area is 110 Å². The first-order valence-electron chi connectivity index (χ1n) is 6.78. The van der Waals surface area contributed by atoms with Crippen LogP contribution in [-0.2, 0) is 0 Å². The Bertz CT molecular complexity index is 375. The van der Waals surface area contributed by atoms with Gasteiger partial charge in [-0.3, -0.25) is 0 Å². The van der Waals surface area contributed by atoms with E-state index in [9.17, 15) is 5.11 Å². The first-order valence-corrected chi connectivity index (χ1v) is 6.78. The third-order valence-corrected chi connectivity index (χ3v) is 3.79. The third kappa shape index (κ3) is 2.85. The van der Waals surface area contributed by atoms with Crippen LogP contribution >= 0.6 is 0 Å². The van der Waals surface area contributed by atoms with Gasteiger partial charge in [0.1, 0.15) is 0 Å². The number of aliphatic hydroxyl groups excluding tert-OH is 1. The number of hydrogen-bond acceptors (Lipinski definition) is 3. The molecule has 1 aromatic carbocycles. The number of nitrogens with zero attached hydrogens (tertiary/aromatic N) is 2. The fourth-order valence-corrected chi connectivity index (χ4v) is 2.56. The molecule has 0 aromatic heterocycles. The fourth-order valence-electron chi connectivity index (χ4n) is 2.56. The first kappa shape index (κ1) is 13.4. The minimum Gasteiger partial charge on any atom is -0.394 e. The Morgan fingerprint density at radius 2 is 1.89 bits per heavy atom. The molecule has 1 aliphatic heterocycles. The average molecular weight is 248 g/mol. The normalized spacial score (nSPS) is 21.6. The van der Waals surface area contributed by atoms with Crippen molar-refractivity contribution in [1.29, 1.82) is 0 Å². The molecule has 1 heterocycles. The van der Waals surface area contributed by atoms with Crippen molar-refractivity contribution < 1.29 is 5.11 Å². The van der Waals surface area contributed by atoms with Gasteiger partial charge in [-0.2, -0.15) is 0 Å². The highest BCUT2D eigenvalue weighted by Gasteiger charge is 2.24. The van der Waals surface area contributed by atoms with E-state index in [0.717, 1.165) is 19.6 Å². The van der Waals surface area contributed by atoms with E-state index in [1.54, 1.807) is 0 Å². The molecule has 1 fully saturated rings. The summed E-state index contributed by atoms with van der Waals surface area (Å²) >= 11 is 0. The zero-order valence-electron chi connectivity index (χ0n) is 11.6. The molecule has 1 atom stereocenters. The summed E-state index contributed by atoms with van der Waals surface area (Å²) in [5.74, 6) is 0.570. The lowest BCUT2D eigenvalue weighted by Gasteiger charge is -2.40. The molecular formula is C15H24N2O. The van der Waals surface area contributed by atoms with Crippen molar-refractivity contribution in [2.45, 2.75) is 25.8 Å². The van der Waals surface area contributed by atoms with Crippen LogP contribution in [0.1, 0.15) is 25.3 Å². The molecule has 0 saturated carbocycles. The second-order valence-corrected chi connectivity index (χ2v) is 5.54. The van der Waals surface area contributed by atoms with Gasteiger partial charge in [0.2, 0.25) is 0 Å². The van der Waals surface area contributed by atoms with E-state index in [1.165, 1.54) is 11.3 Å². The molecular weight excluding hydrogens is 224 g/mol.